The van der Waals surface area contributed by atoms with Gasteiger partial charge < -0.3 is 11.1 Å². The Bertz CT molecular complexity index is 785. The summed E-state index contributed by atoms with van der Waals surface area (Å²) >= 11 is 0.759. The maximum atomic E-state index is 12.1. The van der Waals surface area contributed by atoms with Crippen molar-refractivity contribution < 1.29 is 13.2 Å². The normalized spacial score (nSPS) is 11.1. The smallest absolute Gasteiger partial charge is 0.291 e. The van der Waals surface area contributed by atoms with Gasteiger partial charge in [-0.2, -0.15) is 8.42 Å². The number of aromatic nitrogens is 2. The molecule has 0 atom stereocenters. The van der Waals surface area contributed by atoms with Crippen molar-refractivity contribution in [2.45, 2.75) is 18.2 Å². The molecular formula is C11H13N5O3S2. The number of benzene rings is 1. The van der Waals surface area contributed by atoms with Gasteiger partial charge in [-0.1, -0.05) is 17.4 Å². The first kappa shape index (κ1) is 15.2. The number of amides is 1. The van der Waals surface area contributed by atoms with Crippen molar-refractivity contribution in [2.24, 2.45) is 0 Å². The zero-order valence-corrected chi connectivity index (χ0v) is 12.9. The van der Waals surface area contributed by atoms with Crippen LogP contribution in [0.4, 0.5) is 16.5 Å². The van der Waals surface area contributed by atoms with Gasteiger partial charge in [0, 0.05) is 12.6 Å². The summed E-state index contributed by atoms with van der Waals surface area (Å²) in [5.41, 5.74) is 7.38. The summed E-state index contributed by atoms with van der Waals surface area (Å²) in [6, 6.07) is 4.82. The van der Waals surface area contributed by atoms with Crippen LogP contribution in [-0.4, -0.2) is 24.5 Å². The van der Waals surface area contributed by atoms with E-state index in [1.807, 2.05) is 6.92 Å². The number of hydrogen-bond acceptors (Lipinski definition) is 7. The summed E-state index contributed by atoms with van der Waals surface area (Å²) in [4.78, 5) is 10.9. The Morgan fingerprint density at radius 1 is 1.33 bits per heavy atom. The van der Waals surface area contributed by atoms with Gasteiger partial charge in [0.2, 0.25) is 11.0 Å². The molecule has 10 heteroatoms. The molecule has 0 fully saturated rings. The molecule has 0 saturated carbocycles. The fourth-order valence-electron chi connectivity index (χ4n) is 1.42. The number of aryl methyl sites for hydroxylation is 1. The van der Waals surface area contributed by atoms with E-state index < -0.39 is 10.0 Å². The number of sulfonamides is 1. The second-order valence-electron chi connectivity index (χ2n) is 4.23. The second-order valence-corrected chi connectivity index (χ2v) is 7.06. The molecule has 1 heterocycles. The van der Waals surface area contributed by atoms with Crippen molar-refractivity contribution in [1.82, 2.24) is 10.2 Å². The lowest BCUT2D eigenvalue weighted by molar-refractivity contribution is -0.114. The zero-order chi connectivity index (χ0) is 15.6. The Kier molecular flexibility index (Phi) is 4.09. The quantitative estimate of drug-likeness (QED) is 0.572. The predicted molar refractivity (Wildman–Crippen MR) is 80.6 cm³/mol. The van der Waals surface area contributed by atoms with E-state index in [9.17, 15) is 13.2 Å². The van der Waals surface area contributed by atoms with Crippen LogP contribution < -0.4 is 15.8 Å². The molecule has 0 saturated heterocycles. The van der Waals surface area contributed by atoms with Crippen LogP contribution in [0.15, 0.2) is 22.5 Å². The van der Waals surface area contributed by atoms with Gasteiger partial charge in [-0.15, -0.1) is 10.2 Å². The number of rotatable bonds is 4. The monoisotopic (exact) mass is 327 g/mol. The molecule has 0 radical (unpaired) electrons. The third kappa shape index (κ3) is 3.67. The lowest BCUT2D eigenvalue weighted by Crippen LogP contribution is -2.13. The Morgan fingerprint density at radius 3 is 2.67 bits per heavy atom. The summed E-state index contributed by atoms with van der Waals surface area (Å²) in [7, 11) is -3.87. The first-order chi connectivity index (χ1) is 9.78. The van der Waals surface area contributed by atoms with Crippen LogP contribution in [0.3, 0.4) is 0 Å². The summed E-state index contributed by atoms with van der Waals surface area (Å²) in [5.74, 6) is -0.352. The van der Waals surface area contributed by atoms with Gasteiger partial charge in [-0.3, -0.25) is 9.52 Å². The standard InChI is InChI=1S/C11H13N5O3S2/c1-6-3-4-8(5-9(6)12)16-21(18,19)11-15-14-10(20-11)13-7(2)17/h3-5,16H,12H2,1-2H3,(H,13,14,17). The molecule has 1 aromatic carbocycles. The van der Waals surface area contributed by atoms with Crippen LogP contribution in [0.2, 0.25) is 0 Å². The summed E-state index contributed by atoms with van der Waals surface area (Å²) in [6.45, 7) is 3.11. The van der Waals surface area contributed by atoms with E-state index in [0.29, 0.717) is 11.4 Å². The molecule has 1 amide bonds. The van der Waals surface area contributed by atoms with E-state index >= 15 is 0 Å². The van der Waals surface area contributed by atoms with Gasteiger partial charge in [-0.25, -0.2) is 0 Å². The van der Waals surface area contributed by atoms with Gasteiger partial charge in [0.05, 0.1) is 5.69 Å². The van der Waals surface area contributed by atoms with Gasteiger partial charge in [-0.05, 0) is 24.6 Å². The molecule has 0 unspecified atom stereocenters. The van der Waals surface area contributed by atoms with Gasteiger partial charge in [0.25, 0.3) is 14.4 Å². The number of nitrogens with zero attached hydrogens (tertiary/aromatic N) is 2. The minimum atomic E-state index is -3.87. The van der Waals surface area contributed by atoms with Crippen molar-refractivity contribution in [3.63, 3.8) is 0 Å². The number of nitrogens with two attached hydrogens (primary N) is 1. The number of anilines is 3. The largest absolute Gasteiger partial charge is 0.398 e. The lowest BCUT2D eigenvalue weighted by atomic mass is 10.2. The molecule has 1 aromatic heterocycles. The predicted octanol–water partition coefficient (Wildman–Crippen LogP) is 1.19. The molecule has 0 bridgehead atoms. The zero-order valence-electron chi connectivity index (χ0n) is 11.2. The fourth-order valence-corrected chi connectivity index (χ4v) is 3.42. The number of carbonyl (C=O) groups excluding carboxylic acids is 1. The molecule has 2 aromatic rings. The van der Waals surface area contributed by atoms with Crippen molar-refractivity contribution >= 4 is 43.8 Å². The molecule has 0 spiro atoms. The van der Waals surface area contributed by atoms with Crippen molar-refractivity contribution in [3.05, 3.63) is 23.8 Å². The highest BCUT2D eigenvalue weighted by Gasteiger charge is 2.20. The van der Waals surface area contributed by atoms with E-state index in [1.165, 1.54) is 13.0 Å². The minimum absolute atomic E-state index is 0.117. The van der Waals surface area contributed by atoms with Crippen LogP contribution in [0.25, 0.3) is 0 Å². The van der Waals surface area contributed by atoms with E-state index in [2.05, 4.69) is 20.2 Å². The number of carbonyl (C=O) groups is 1. The first-order valence-corrected chi connectivity index (χ1v) is 8.08. The van der Waals surface area contributed by atoms with Crippen molar-refractivity contribution in [1.29, 1.82) is 0 Å². The number of hydrogen-bond donors (Lipinski definition) is 3. The van der Waals surface area contributed by atoms with Crippen LogP contribution in [0, 0.1) is 6.92 Å². The average Bonchev–Trinajstić information content (AvgIpc) is 2.82. The van der Waals surface area contributed by atoms with E-state index in [1.54, 1.807) is 12.1 Å². The Labute approximate surface area is 125 Å². The number of nitrogen functional groups attached to an aromatic ring is 1. The van der Waals surface area contributed by atoms with Gasteiger partial charge >= 0.3 is 0 Å². The van der Waals surface area contributed by atoms with Crippen molar-refractivity contribution in [2.75, 3.05) is 15.8 Å². The number of nitrogens with one attached hydrogen (secondary N) is 2. The Morgan fingerprint density at radius 2 is 2.05 bits per heavy atom. The maximum absolute atomic E-state index is 12.1. The lowest BCUT2D eigenvalue weighted by Gasteiger charge is -2.07. The highest BCUT2D eigenvalue weighted by molar-refractivity contribution is 7.94. The Balaban J connectivity index is 2.23. The third-order valence-electron chi connectivity index (χ3n) is 2.45. The Hall–Kier alpha value is -2.20. The summed E-state index contributed by atoms with van der Waals surface area (Å²) in [6.07, 6.45) is 0. The minimum Gasteiger partial charge on any atom is -0.398 e. The van der Waals surface area contributed by atoms with E-state index in [-0.39, 0.29) is 15.4 Å². The molecule has 0 aliphatic carbocycles. The highest BCUT2D eigenvalue weighted by atomic mass is 32.2. The van der Waals surface area contributed by atoms with Crippen LogP contribution in [0.1, 0.15) is 12.5 Å². The molecule has 2 rings (SSSR count). The summed E-state index contributed by atoms with van der Waals surface area (Å²) in [5, 5.41) is 9.63. The molecule has 0 aliphatic heterocycles. The van der Waals surface area contributed by atoms with Crippen molar-refractivity contribution in [3.8, 4) is 0 Å². The highest BCUT2D eigenvalue weighted by Crippen LogP contribution is 2.24. The molecular weight excluding hydrogens is 314 g/mol. The van der Waals surface area contributed by atoms with Gasteiger partial charge in [0.15, 0.2) is 0 Å². The third-order valence-corrected chi connectivity index (χ3v) is 5.04. The fraction of sp³-hybridized carbons (Fsp3) is 0.182. The summed E-state index contributed by atoms with van der Waals surface area (Å²) < 4.78 is 26.4. The molecule has 8 nitrogen and oxygen atoms in total. The van der Waals surface area contributed by atoms with E-state index in [4.69, 9.17) is 5.73 Å². The second kappa shape index (κ2) is 5.66. The topological polar surface area (TPSA) is 127 Å². The molecule has 4 N–H and O–H groups in total. The van der Waals surface area contributed by atoms with Crippen LogP contribution in [-0.2, 0) is 14.8 Å². The maximum Gasteiger partial charge on any atom is 0.291 e. The molecule has 21 heavy (non-hydrogen) atoms. The van der Waals surface area contributed by atoms with Crippen LogP contribution in [0.5, 0.6) is 0 Å². The average molecular weight is 327 g/mol. The van der Waals surface area contributed by atoms with Crippen LogP contribution >= 0.6 is 11.3 Å². The SMILES string of the molecule is CC(=O)Nc1nnc(S(=O)(=O)Nc2ccc(C)c(N)c2)s1. The van der Waals surface area contributed by atoms with Gasteiger partial charge in [0.1, 0.15) is 0 Å². The first-order valence-electron chi connectivity index (χ1n) is 5.78. The van der Waals surface area contributed by atoms with E-state index in [0.717, 1.165) is 16.9 Å². The molecule has 112 valence electrons. The molecule has 0 aliphatic rings.